The molecule has 1 amide bonds. The molecule has 0 aliphatic carbocycles. The van der Waals surface area contributed by atoms with Crippen molar-refractivity contribution in [2.45, 2.75) is 26.3 Å². The number of aliphatic carboxylic acids is 2. The molecule has 1 aromatic heterocycles. The summed E-state index contributed by atoms with van der Waals surface area (Å²) in [7, 11) is 0. The summed E-state index contributed by atoms with van der Waals surface area (Å²) in [6, 6.07) is 4.40. The highest BCUT2D eigenvalue weighted by molar-refractivity contribution is 6.03. The van der Waals surface area contributed by atoms with Crippen LogP contribution in [0, 0.1) is 11.8 Å². The van der Waals surface area contributed by atoms with E-state index in [4.69, 9.17) is 5.11 Å². The molecule has 0 spiro atoms. The highest BCUT2D eigenvalue weighted by atomic mass is 16.4. The maximum Gasteiger partial charge on any atom is 0.328 e. The van der Waals surface area contributed by atoms with Crippen LogP contribution in [0.4, 0.5) is 5.69 Å². The van der Waals surface area contributed by atoms with Crippen molar-refractivity contribution in [3.8, 4) is 0 Å². The van der Waals surface area contributed by atoms with Crippen molar-refractivity contribution in [2.24, 2.45) is 11.8 Å². The van der Waals surface area contributed by atoms with Crippen LogP contribution in [0.2, 0.25) is 0 Å². The molecule has 3 atom stereocenters. The van der Waals surface area contributed by atoms with E-state index in [9.17, 15) is 19.5 Å². The number of piperidine rings is 1. The lowest BCUT2D eigenvalue weighted by atomic mass is 9.89. The topological polar surface area (TPSA) is 123 Å². The molecule has 1 aliphatic heterocycles. The van der Waals surface area contributed by atoms with E-state index in [2.05, 4.69) is 24.1 Å². The number of aromatic nitrogens is 1. The first kappa shape index (κ1) is 20.6. The largest absolute Gasteiger partial charge is 0.480 e. The van der Waals surface area contributed by atoms with Gasteiger partial charge >= 0.3 is 11.9 Å². The molecule has 0 saturated carbocycles. The molecule has 29 heavy (non-hydrogen) atoms. The minimum absolute atomic E-state index is 0.437. The van der Waals surface area contributed by atoms with Gasteiger partial charge in [-0.25, -0.2) is 4.79 Å². The molecule has 8 heteroatoms. The number of nitrogens with zero attached hydrogens (tertiary/aromatic N) is 1. The lowest BCUT2D eigenvalue weighted by Crippen LogP contribution is -2.43. The first-order valence-electron chi connectivity index (χ1n) is 9.54. The van der Waals surface area contributed by atoms with Crippen LogP contribution in [-0.4, -0.2) is 51.0 Å². The number of carbonyl (C=O) groups is 3. The number of fused-ring (bicyclic) bond motifs is 1. The van der Waals surface area contributed by atoms with Gasteiger partial charge in [0.1, 0.15) is 6.04 Å². The summed E-state index contributed by atoms with van der Waals surface area (Å²) in [5.74, 6) is -1.77. The third-order valence-electron chi connectivity index (χ3n) is 5.15. The first-order valence-corrected chi connectivity index (χ1v) is 9.54. The first-order chi connectivity index (χ1) is 13.7. The summed E-state index contributed by atoms with van der Waals surface area (Å²) in [6.07, 6.45) is 4.50. The molecule has 1 fully saturated rings. The number of rotatable bonds is 6. The summed E-state index contributed by atoms with van der Waals surface area (Å²) in [5.41, 5.74) is 1.87. The van der Waals surface area contributed by atoms with Crippen molar-refractivity contribution < 1.29 is 24.6 Å². The number of hydrogen-bond donors (Lipinski definition) is 4. The van der Waals surface area contributed by atoms with E-state index in [-0.39, 0.29) is 0 Å². The van der Waals surface area contributed by atoms with Gasteiger partial charge in [0.25, 0.3) is 0 Å². The van der Waals surface area contributed by atoms with Crippen LogP contribution in [0.1, 0.15) is 31.9 Å². The van der Waals surface area contributed by atoms with Crippen LogP contribution in [0.15, 0.2) is 36.5 Å². The van der Waals surface area contributed by atoms with Gasteiger partial charge in [-0.15, -0.1) is 0 Å². The normalized spacial score (nSPS) is 21.3. The summed E-state index contributed by atoms with van der Waals surface area (Å²) >= 11 is 0. The second kappa shape index (κ2) is 8.48. The van der Waals surface area contributed by atoms with Crippen molar-refractivity contribution in [3.05, 3.63) is 42.1 Å². The van der Waals surface area contributed by atoms with Crippen molar-refractivity contribution in [1.29, 1.82) is 0 Å². The number of hydrogen-bond acceptors (Lipinski definition) is 4. The minimum atomic E-state index is -1.20. The zero-order valence-corrected chi connectivity index (χ0v) is 16.4. The van der Waals surface area contributed by atoms with Crippen LogP contribution in [-0.2, 0) is 14.4 Å². The molecule has 0 unspecified atom stereocenters. The Hall–Kier alpha value is -3.13. The molecule has 1 aromatic carbocycles. The van der Waals surface area contributed by atoms with Crippen LogP contribution < -0.4 is 5.32 Å². The fourth-order valence-electron chi connectivity index (χ4n) is 4.19. The highest BCUT2D eigenvalue weighted by Crippen LogP contribution is 2.34. The Morgan fingerprint density at radius 2 is 1.86 bits per heavy atom. The Labute approximate surface area is 168 Å². The van der Waals surface area contributed by atoms with Crippen molar-refractivity contribution in [1.82, 2.24) is 9.88 Å². The van der Waals surface area contributed by atoms with E-state index < -0.39 is 23.9 Å². The highest BCUT2D eigenvalue weighted by Gasteiger charge is 2.34. The van der Waals surface area contributed by atoms with Crippen LogP contribution in [0.25, 0.3) is 10.9 Å². The fourth-order valence-corrected chi connectivity index (χ4v) is 4.19. The van der Waals surface area contributed by atoms with Crippen molar-refractivity contribution in [2.75, 3.05) is 18.4 Å². The molecular formula is C21H25N3O5. The van der Waals surface area contributed by atoms with E-state index in [1.165, 1.54) is 0 Å². The quantitative estimate of drug-likeness (QED) is 0.554. The lowest BCUT2D eigenvalue weighted by molar-refractivity contribution is -0.144. The number of aromatic amines is 1. The van der Waals surface area contributed by atoms with Gasteiger partial charge in [0, 0.05) is 53.6 Å². The number of likely N-dealkylation sites (tertiary alicyclic amines) is 1. The second-order valence-corrected chi connectivity index (χ2v) is 7.81. The number of carboxylic acid groups (broad SMARTS) is 2. The standard InChI is InChI=1S/C21H25N3O5/c1-12-7-13(2)11-24(10-12)20(21(28)29)16-9-22-17-8-14(3-4-15(16)17)23-18(25)5-6-19(26)27/h3-6,8-9,12-13,20,22H,7,10-11H2,1-2H3,(H,23,25)(H,26,27)(H,28,29)/b6-5+/t12-,13+,20-/m0/s1. The zero-order chi connectivity index (χ0) is 21.1. The molecule has 8 nitrogen and oxygen atoms in total. The van der Waals surface area contributed by atoms with E-state index >= 15 is 0 Å². The van der Waals surface area contributed by atoms with Gasteiger partial charge in [0.2, 0.25) is 5.91 Å². The molecule has 0 radical (unpaired) electrons. The number of amides is 1. The van der Waals surface area contributed by atoms with Crippen molar-refractivity contribution >= 4 is 34.4 Å². The van der Waals surface area contributed by atoms with E-state index in [0.717, 1.165) is 37.0 Å². The molecule has 4 N–H and O–H groups in total. The number of nitrogens with one attached hydrogen (secondary N) is 2. The van der Waals surface area contributed by atoms with E-state index in [1.807, 2.05) is 4.90 Å². The van der Waals surface area contributed by atoms with Gasteiger partial charge in [-0.3, -0.25) is 14.5 Å². The number of carboxylic acids is 2. The predicted molar refractivity (Wildman–Crippen MR) is 109 cm³/mol. The van der Waals surface area contributed by atoms with Crippen LogP contribution in [0.5, 0.6) is 0 Å². The smallest absolute Gasteiger partial charge is 0.328 e. The summed E-state index contributed by atoms with van der Waals surface area (Å²) in [4.78, 5) is 39.5. The maximum absolute atomic E-state index is 12.1. The van der Waals surface area contributed by atoms with Gasteiger partial charge in [-0.05, 0) is 30.4 Å². The van der Waals surface area contributed by atoms with E-state index in [0.29, 0.717) is 28.6 Å². The van der Waals surface area contributed by atoms with Gasteiger partial charge in [0.15, 0.2) is 0 Å². The molecular weight excluding hydrogens is 374 g/mol. The molecule has 1 aliphatic rings. The summed E-state index contributed by atoms with van der Waals surface area (Å²) < 4.78 is 0. The average molecular weight is 399 g/mol. The second-order valence-electron chi connectivity index (χ2n) is 7.81. The Morgan fingerprint density at radius 1 is 1.17 bits per heavy atom. The van der Waals surface area contributed by atoms with Gasteiger partial charge in [-0.2, -0.15) is 0 Å². The Kier molecular flexibility index (Phi) is 6.03. The summed E-state index contributed by atoms with van der Waals surface area (Å²) in [6.45, 7) is 5.76. The molecule has 3 rings (SSSR count). The molecule has 0 bridgehead atoms. The molecule has 1 saturated heterocycles. The minimum Gasteiger partial charge on any atom is -0.480 e. The monoisotopic (exact) mass is 399 g/mol. The molecule has 2 heterocycles. The van der Waals surface area contributed by atoms with Gasteiger partial charge < -0.3 is 20.5 Å². The number of benzene rings is 1. The van der Waals surface area contributed by atoms with E-state index in [1.54, 1.807) is 24.4 Å². The predicted octanol–water partition coefficient (Wildman–Crippen LogP) is 2.85. The van der Waals surface area contributed by atoms with Gasteiger partial charge in [-0.1, -0.05) is 19.9 Å². The number of H-pyrrole nitrogens is 1. The van der Waals surface area contributed by atoms with Gasteiger partial charge in [0.05, 0.1) is 0 Å². The third-order valence-corrected chi connectivity index (χ3v) is 5.15. The number of carbonyl (C=O) groups excluding carboxylic acids is 1. The third kappa shape index (κ3) is 4.83. The van der Waals surface area contributed by atoms with Crippen molar-refractivity contribution in [3.63, 3.8) is 0 Å². The zero-order valence-electron chi connectivity index (χ0n) is 16.4. The Balaban J connectivity index is 1.87. The maximum atomic E-state index is 12.1. The molecule has 2 aromatic rings. The Bertz CT molecular complexity index is 954. The fraction of sp³-hybridized carbons (Fsp3) is 0.381. The summed E-state index contributed by atoms with van der Waals surface area (Å²) in [5, 5.41) is 21.9. The Morgan fingerprint density at radius 3 is 2.48 bits per heavy atom. The molecule has 154 valence electrons. The number of anilines is 1. The van der Waals surface area contributed by atoms with Crippen LogP contribution in [0.3, 0.4) is 0 Å². The van der Waals surface area contributed by atoms with Crippen LogP contribution >= 0.6 is 0 Å². The SMILES string of the molecule is C[C@@H]1C[C@H](C)CN([C@H](C(=O)O)c2c[nH]c3cc(NC(=O)/C=C/C(=O)O)ccc23)C1. The average Bonchev–Trinajstić information content (AvgIpc) is 3.02. The lowest BCUT2D eigenvalue weighted by Gasteiger charge is -2.38.